The van der Waals surface area contributed by atoms with Crippen molar-refractivity contribution in [3.05, 3.63) is 0 Å². The van der Waals surface area contributed by atoms with Crippen LogP contribution in [0.4, 0.5) is 0 Å². The molecule has 0 saturated heterocycles. The molecule has 0 radical (unpaired) electrons. The molecule has 4 heteroatoms. The van der Waals surface area contributed by atoms with E-state index >= 15 is 0 Å². The predicted molar refractivity (Wildman–Crippen MR) is 115 cm³/mol. The first-order chi connectivity index (χ1) is 10.6. The van der Waals surface area contributed by atoms with Crippen LogP contribution < -0.4 is 0 Å². The molecule has 0 aliphatic rings. The zero-order valence-electron chi connectivity index (χ0n) is 16.6. The summed E-state index contributed by atoms with van der Waals surface area (Å²) in [5, 5.41) is 0. The highest BCUT2D eigenvalue weighted by Gasteiger charge is 2.25. The van der Waals surface area contributed by atoms with Gasteiger partial charge in [-0.05, 0) is 92.9 Å². The Labute approximate surface area is 171 Å². The number of rotatable bonds is 13. The van der Waals surface area contributed by atoms with Gasteiger partial charge in [-0.3, -0.25) is 0 Å². The summed E-state index contributed by atoms with van der Waals surface area (Å²) >= 11 is 25.8. The van der Waals surface area contributed by atoms with Crippen LogP contribution in [0.5, 0.6) is 0 Å². The number of hydrogen-bond donors (Lipinski definition) is 0. The van der Waals surface area contributed by atoms with Gasteiger partial charge in [0.05, 0.1) is 0 Å². The van der Waals surface area contributed by atoms with Crippen molar-refractivity contribution in [3.8, 4) is 0 Å². The number of halogens is 4. The number of alkyl halides is 4. The average Bonchev–Trinajstić information content (AvgIpc) is 2.31. The molecule has 0 aromatic rings. The SMILES string of the molecule is CC(C)(Cl)CCCC(C)(Cl)CCCCC(C)(Cl)CCCC(C)(C)Cl. The highest BCUT2D eigenvalue weighted by Crippen LogP contribution is 2.34. The second kappa shape index (κ2) is 10.5. The van der Waals surface area contributed by atoms with Crippen LogP contribution in [0.3, 0.4) is 0 Å². The Hall–Kier alpha value is 1.16. The van der Waals surface area contributed by atoms with Gasteiger partial charge in [0.1, 0.15) is 0 Å². The molecule has 0 amide bonds. The van der Waals surface area contributed by atoms with Crippen molar-refractivity contribution >= 4 is 46.4 Å². The van der Waals surface area contributed by atoms with E-state index in [9.17, 15) is 0 Å². The van der Waals surface area contributed by atoms with Gasteiger partial charge in [-0.25, -0.2) is 0 Å². The molecule has 0 N–H and O–H groups in total. The summed E-state index contributed by atoms with van der Waals surface area (Å²) < 4.78 is 0. The third-order valence-electron chi connectivity index (χ3n) is 4.58. The van der Waals surface area contributed by atoms with Crippen LogP contribution in [0.15, 0.2) is 0 Å². The van der Waals surface area contributed by atoms with Gasteiger partial charge in [0.15, 0.2) is 0 Å². The van der Waals surface area contributed by atoms with Crippen molar-refractivity contribution in [2.75, 3.05) is 0 Å². The van der Waals surface area contributed by atoms with Crippen LogP contribution in [-0.4, -0.2) is 19.5 Å². The molecular weight excluding hydrogens is 382 g/mol. The molecule has 0 rings (SSSR count). The smallest absolute Gasteiger partial charge is 0.0418 e. The summed E-state index contributed by atoms with van der Waals surface area (Å²) in [5.74, 6) is 0. The van der Waals surface area contributed by atoms with Gasteiger partial charge in [0, 0.05) is 19.5 Å². The Balaban J connectivity index is 3.92. The van der Waals surface area contributed by atoms with E-state index in [1.807, 2.05) is 0 Å². The summed E-state index contributed by atoms with van der Waals surface area (Å²) in [4.78, 5) is -0.475. The van der Waals surface area contributed by atoms with Crippen molar-refractivity contribution in [2.24, 2.45) is 0 Å². The second-order valence-corrected chi connectivity index (χ2v) is 13.0. The van der Waals surface area contributed by atoms with Gasteiger partial charge in [0.25, 0.3) is 0 Å². The van der Waals surface area contributed by atoms with E-state index in [-0.39, 0.29) is 19.5 Å². The molecule has 2 atom stereocenters. The van der Waals surface area contributed by atoms with E-state index in [0.29, 0.717) is 0 Å². The third kappa shape index (κ3) is 16.6. The van der Waals surface area contributed by atoms with Crippen LogP contribution in [0.1, 0.15) is 106 Å². The van der Waals surface area contributed by atoms with E-state index in [4.69, 9.17) is 46.4 Å². The first-order valence-electron chi connectivity index (χ1n) is 9.38. The van der Waals surface area contributed by atoms with Crippen LogP contribution >= 0.6 is 46.4 Å². The molecule has 2 unspecified atom stereocenters. The minimum Gasteiger partial charge on any atom is -0.120 e. The number of hydrogen-bond acceptors (Lipinski definition) is 0. The van der Waals surface area contributed by atoms with E-state index in [1.165, 1.54) is 0 Å². The van der Waals surface area contributed by atoms with Crippen LogP contribution in [-0.2, 0) is 0 Å². The minimum atomic E-state index is -0.120. The van der Waals surface area contributed by atoms with Gasteiger partial charge < -0.3 is 0 Å². The van der Waals surface area contributed by atoms with Crippen LogP contribution in [0.2, 0.25) is 0 Å². The average molecular weight is 420 g/mol. The van der Waals surface area contributed by atoms with Gasteiger partial charge in [-0.15, -0.1) is 46.4 Å². The zero-order valence-corrected chi connectivity index (χ0v) is 19.6. The fourth-order valence-electron chi connectivity index (χ4n) is 2.99. The topological polar surface area (TPSA) is 0 Å². The maximum absolute atomic E-state index is 6.66. The third-order valence-corrected chi connectivity index (χ3v) is 5.72. The molecule has 0 aromatic carbocycles. The fraction of sp³-hybridized carbons (Fsp3) is 1.00. The van der Waals surface area contributed by atoms with Gasteiger partial charge in [-0.1, -0.05) is 12.8 Å². The zero-order chi connectivity index (χ0) is 19.1. The molecule has 0 fully saturated rings. The first kappa shape index (κ1) is 25.2. The van der Waals surface area contributed by atoms with Crippen LogP contribution in [0.25, 0.3) is 0 Å². The van der Waals surface area contributed by atoms with Crippen molar-refractivity contribution in [1.82, 2.24) is 0 Å². The Morgan fingerprint density at radius 3 is 0.917 bits per heavy atom. The van der Waals surface area contributed by atoms with Crippen molar-refractivity contribution in [3.63, 3.8) is 0 Å². The molecule has 0 nitrogen and oxygen atoms in total. The normalized spacial score (nSPS) is 18.2. The molecule has 0 heterocycles. The Kier molecular flexibility index (Phi) is 11.0. The molecule has 24 heavy (non-hydrogen) atoms. The molecule has 0 spiro atoms. The minimum absolute atomic E-state index is 0.118. The van der Waals surface area contributed by atoms with Gasteiger partial charge >= 0.3 is 0 Å². The fourth-order valence-corrected chi connectivity index (χ4v) is 3.79. The predicted octanol–water partition coefficient (Wildman–Crippen LogP) is 8.92. The van der Waals surface area contributed by atoms with E-state index in [1.54, 1.807) is 0 Å². The molecule has 0 saturated carbocycles. The highest BCUT2D eigenvalue weighted by molar-refractivity contribution is 6.24. The molecule has 0 aliphatic heterocycles. The maximum Gasteiger partial charge on any atom is 0.0418 e. The first-order valence-corrected chi connectivity index (χ1v) is 10.9. The summed E-state index contributed by atoms with van der Waals surface area (Å²) in [7, 11) is 0. The van der Waals surface area contributed by atoms with Gasteiger partial charge in [0.2, 0.25) is 0 Å². The van der Waals surface area contributed by atoms with Crippen molar-refractivity contribution in [2.45, 2.75) is 125 Å². The Morgan fingerprint density at radius 1 is 0.417 bits per heavy atom. The van der Waals surface area contributed by atoms with Crippen molar-refractivity contribution in [1.29, 1.82) is 0 Å². The largest absolute Gasteiger partial charge is 0.120 e. The molecule has 0 aliphatic carbocycles. The van der Waals surface area contributed by atoms with E-state index < -0.39 is 0 Å². The summed E-state index contributed by atoms with van der Waals surface area (Å²) in [6.07, 6.45) is 10.6. The summed E-state index contributed by atoms with van der Waals surface area (Å²) in [6, 6.07) is 0. The molecular formula is C20H38Cl4. The highest BCUT2D eigenvalue weighted by atomic mass is 35.5. The lowest BCUT2D eigenvalue weighted by Gasteiger charge is -2.26. The molecule has 0 bridgehead atoms. The van der Waals surface area contributed by atoms with E-state index in [0.717, 1.165) is 64.2 Å². The second-order valence-electron chi connectivity index (χ2n) is 9.18. The molecule has 146 valence electrons. The monoisotopic (exact) mass is 418 g/mol. The summed E-state index contributed by atoms with van der Waals surface area (Å²) in [5.41, 5.74) is 0. The quantitative estimate of drug-likeness (QED) is 0.206. The van der Waals surface area contributed by atoms with E-state index in [2.05, 4.69) is 41.5 Å². The lowest BCUT2D eigenvalue weighted by Crippen LogP contribution is -2.20. The van der Waals surface area contributed by atoms with Gasteiger partial charge in [-0.2, -0.15) is 0 Å². The lowest BCUT2D eigenvalue weighted by atomic mass is 9.91. The maximum atomic E-state index is 6.66. The Morgan fingerprint density at radius 2 is 0.667 bits per heavy atom. The summed E-state index contributed by atoms with van der Waals surface area (Å²) in [6.45, 7) is 12.6. The molecule has 0 aromatic heterocycles. The standard InChI is InChI=1S/C20H38Cl4/c1-17(2,21)11-9-15-19(5,23)13-7-8-14-20(6,24)16-10-12-18(3,4)22/h7-16H2,1-6H3. The van der Waals surface area contributed by atoms with Crippen molar-refractivity contribution < 1.29 is 0 Å². The lowest BCUT2D eigenvalue weighted by molar-refractivity contribution is 0.424. The number of unbranched alkanes of at least 4 members (excludes halogenated alkanes) is 1. The Bertz CT molecular complexity index is 301. The van der Waals surface area contributed by atoms with Crippen LogP contribution in [0, 0.1) is 0 Å².